The van der Waals surface area contributed by atoms with Gasteiger partial charge in [-0.3, -0.25) is 10.1 Å². The molecule has 2 aromatic carbocycles. The number of nitrogens with zero attached hydrogens (tertiary/aromatic N) is 4. The zero-order chi connectivity index (χ0) is 19.2. The number of hydrogen-bond donors (Lipinski definition) is 1. The molecule has 8 nitrogen and oxygen atoms in total. The van der Waals surface area contributed by atoms with E-state index < -0.39 is 4.92 Å². The van der Waals surface area contributed by atoms with Crippen molar-refractivity contribution in [1.29, 1.82) is 0 Å². The zero-order valence-electron chi connectivity index (χ0n) is 14.3. The van der Waals surface area contributed by atoms with Crippen molar-refractivity contribution in [3.63, 3.8) is 0 Å². The van der Waals surface area contributed by atoms with Crippen LogP contribution in [0.2, 0.25) is 0 Å². The van der Waals surface area contributed by atoms with E-state index in [0.717, 1.165) is 11.3 Å². The highest BCUT2D eigenvalue weighted by Crippen LogP contribution is 2.21. The summed E-state index contributed by atoms with van der Waals surface area (Å²) in [6, 6.07) is 13.8. The van der Waals surface area contributed by atoms with Crippen LogP contribution in [-0.4, -0.2) is 33.1 Å². The number of ether oxygens (including phenoxy) is 1. The second-order valence-corrected chi connectivity index (χ2v) is 5.72. The second kappa shape index (κ2) is 8.19. The van der Waals surface area contributed by atoms with E-state index in [2.05, 4.69) is 15.3 Å². The average Bonchev–Trinajstić information content (AvgIpc) is 3.06. The number of H-pyrrole nitrogens is 1. The Bertz CT molecular complexity index is 1070. The fraction of sp³-hybridized carbons (Fsp3) is 0.0556. The smallest absolute Gasteiger partial charge is 0.276 e. The Morgan fingerprint density at radius 3 is 2.70 bits per heavy atom. The molecule has 3 aromatic rings. The highest BCUT2D eigenvalue weighted by atomic mass is 32.1. The van der Waals surface area contributed by atoms with Gasteiger partial charge in [-0.2, -0.15) is 14.9 Å². The molecule has 0 atom stereocenters. The maximum absolute atomic E-state index is 11.0. The van der Waals surface area contributed by atoms with Crippen LogP contribution in [0.15, 0.2) is 59.7 Å². The molecule has 0 amide bonds. The van der Waals surface area contributed by atoms with Crippen LogP contribution in [0.3, 0.4) is 0 Å². The molecule has 1 N–H and O–H groups in total. The summed E-state index contributed by atoms with van der Waals surface area (Å²) in [6.45, 7) is 0. The van der Waals surface area contributed by atoms with Crippen LogP contribution in [0.5, 0.6) is 5.75 Å². The van der Waals surface area contributed by atoms with Crippen LogP contribution >= 0.6 is 12.2 Å². The van der Waals surface area contributed by atoms with Gasteiger partial charge < -0.3 is 4.74 Å². The number of nitro groups is 1. The normalized spacial score (nSPS) is 11.3. The summed E-state index contributed by atoms with van der Waals surface area (Å²) >= 11 is 5.21. The third-order valence-corrected chi connectivity index (χ3v) is 3.94. The predicted molar refractivity (Wildman–Crippen MR) is 105 cm³/mol. The first-order chi connectivity index (χ1) is 13.1. The Balaban J connectivity index is 1.85. The zero-order valence-corrected chi connectivity index (χ0v) is 15.1. The van der Waals surface area contributed by atoms with E-state index in [1.165, 1.54) is 17.0 Å². The van der Waals surface area contributed by atoms with Crippen molar-refractivity contribution in [3.05, 3.63) is 75.1 Å². The fourth-order valence-corrected chi connectivity index (χ4v) is 2.55. The summed E-state index contributed by atoms with van der Waals surface area (Å²) in [7, 11) is 1.60. The minimum absolute atomic E-state index is 0.0287. The van der Waals surface area contributed by atoms with Crippen molar-refractivity contribution >= 4 is 30.2 Å². The number of aromatic amines is 1. The van der Waals surface area contributed by atoms with Gasteiger partial charge in [0.05, 0.1) is 17.6 Å². The van der Waals surface area contributed by atoms with E-state index in [0.29, 0.717) is 16.2 Å². The molecule has 0 radical (unpaired) electrons. The number of hydrogen-bond acceptors (Lipinski definition) is 6. The molecule has 0 aliphatic heterocycles. The van der Waals surface area contributed by atoms with Gasteiger partial charge in [0.1, 0.15) is 5.75 Å². The van der Waals surface area contributed by atoms with Gasteiger partial charge in [0.25, 0.3) is 5.69 Å². The van der Waals surface area contributed by atoms with Crippen LogP contribution in [0.1, 0.15) is 5.56 Å². The first-order valence-electron chi connectivity index (χ1n) is 7.86. The van der Waals surface area contributed by atoms with Crippen LogP contribution in [0.4, 0.5) is 5.69 Å². The molecular formula is C18H15N5O3S. The molecule has 0 unspecified atom stereocenters. The Kier molecular flexibility index (Phi) is 5.53. The van der Waals surface area contributed by atoms with E-state index in [-0.39, 0.29) is 5.69 Å². The highest BCUT2D eigenvalue weighted by Gasteiger charge is 2.09. The van der Waals surface area contributed by atoms with Crippen LogP contribution in [-0.2, 0) is 0 Å². The first kappa shape index (κ1) is 18.2. The Morgan fingerprint density at radius 1 is 1.26 bits per heavy atom. The van der Waals surface area contributed by atoms with E-state index in [1.54, 1.807) is 37.5 Å². The van der Waals surface area contributed by atoms with Gasteiger partial charge in [-0.05, 0) is 54.7 Å². The van der Waals surface area contributed by atoms with Gasteiger partial charge in [0.2, 0.25) is 4.77 Å². The van der Waals surface area contributed by atoms with Gasteiger partial charge in [-0.1, -0.05) is 12.1 Å². The molecule has 0 aliphatic rings. The van der Waals surface area contributed by atoms with Gasteiger partial charge in [-0.25, -0.2) is 5.10 Å². The lowest BCUT2D eigenvalue weighted by Crippen LogP contribution is -1.94. The summed E-state index contributed by atoms with van der Waals surface area (Å²) in [5, 5.41) is 22.2. The quantitative estimate of drug-likeness (QED) is 0.300. The number of aromatic nitrogens is 3. The van der Waals surface area contributed by atoms with Crippen molar-refractivity contribution in [2.45, 2.75) is 0 Å². The molecule has 0 saturated heterocycles. The SMILES string of the molecule is COc1ccc(-c2n[nH]c(=S)n2/N=C/C=C/c2ccccc2[N+](=O)[O-])cc1. The predicted octanol–water partition coefficient (Wildman–Crippen LogP) is 4.07. The number of nitrogens with one attached hydrogen (secondary N) is 1. The van der Waals surface area contributed by atoms with Gasteiger partial charge in [0, 0.05) is 17.8 Å². The third-order valence-electron chi connectivity index (χ3n) is 3.68. The maximum Gasteiger partial charge on any atom is 0.276 e. The molecule has 0 bridgehead atoms. The van der Waals surface area contributed by atoms with E-state index >= 15 is 0 Å². The molecule has 27 heavy (non-hydrogen) atoms. The number of benzene rings is 2. The molecule has 0 saturated carbocycles. The van der Waals surface area contributed by atoms with Crippen molar-refractivity contribution in [3.8, 4) is 17.1 Å². The average molecular weight is 381 g/mol. The monoisotopic (exact) mass is 381 g/mol. The van der Waals surface area contributed by atoms with Crippen molar-refractivity contribution < 1.29 is 9.66 Å². The highest BCUT2D eigenvalue weighted by molar-refractivity contribution is 7.71. The van der Waals surface area contributed by atoms with Crippen LogP contribution in [0.25, 0.3) is 17.5 Å². The Hall–Kier alpha value is -3.59. The molecule has 1 aromatic heterocycles. The summed E-state index contributed by atoms with van der Waals surface area (Å²) in [5.41, 5.74) is 1.32. The van der Waals surface area contributed by atoms with Crippen molar-refractivity contribution in [1.82, 2.24) is 14.9 Å². The number of para-hydroxylation sites is 1. The molecule has 0 spiro atoms. The molecule has 3 rings (SSSR count). The van der Waals surface area contributed by atoms with Crippen molar-refractivity contribution in [2.75, 3.05) is 7.11 Å². The van der Waals surface area contributed by atoms with Gasteiger partial charge >= 0.3 is 0 Å². The second-order valence-electron chi connectivity index (χ2n) is 5.33. The van der Waals surface area contributed by atoms with E-state index in [9.17, 15) is 10.1 Å². The van der Waals surface area contributed by atoms with E-state index in [4.69, 9.17) is 17.0 Å². The van der Waals surface area contributed by atoms with Gasteiger partial charge in [0.15, 0.2) is 5.82 Å². The Morgan fingerprint density at radius 2 is 2.00 bits per heavy atom. The molecule has 9 heteroatoms. The largest absolute Gasteiger partial charge is 0.497 e. The summed E-state index contributed by atoms with van der Waals surface area (Å²) in [4.78, 5) is 10.6. The lowest BCUT2D eigenvalue weighted by atomic mass is 10.2. The summed E-state index contributed by atoms with van der Waals surface area (Å²) in [6.07, 6.45) is 4.71. The number of methoxy groups -OCH3 is 1. The summed E-state index contributed by atoms with van der Waals surface area (Å²) in [5.74, 6) is 1.27. The van der Waals surface area contributed by atoms with Crippen LogP contribution < -0.4 is 4.74 Å². The minimum atomic E-state index is -0.426. The number of nitro benzene ring substituents is 1. The topological polar surface area (TPSA) is 98.3 Å². The molecular weight excluding hydrogens is 366 g/mol. The van der Waals surface area contributed by atoms with Crippen LogP contribution in [0, 0.1) is 14.9 Å². The van der Waals surface area contributed by atoms with E-state index in [1.807, 2.05) is 24.3 Å². The Labute approximate surface area is 159 Å². The molecule has 0 aliphatic carbocycles. The standard InChI is InChI=1S/C18H15N5O3S/c1-26-15-10-8-14(9-11-15)17-20-21-18(27)22(17)19-12-4-6-13-5-2-3-7-16(13)23(24)25/h2-12H,1H3,(H,21,27)/b6-4+,19-12+. The van der Waals surface area contributed by atoms with Gasteiger partial charge in [-0.15, -0.1) is 0 Å². The molecule has 1 heterocycles. The third kappa shape index (κ3) is 4.15. The number of rotatable bonds is 6. The lowest BCUT2D eigenvalue weighted by molar-refractivity contribution is -0.385. The molecule has 136 valence electrons. The van der Waals surface area contributed by atoms with Crippen molar-refractivity contribution in [2.24, 2.45) is 5.10 Å². The minimum Gasteiger partial charge on any atom is -0.497 e. The number of allylic oxidation sites excluding steroid dienone is 1. The maximum atomic E-state index is 11.0. The first-order valence-corrected chi connectivity index (χ1v) is 8.27. The molecule has 0 fully saturated rings. The fourth-order valence-electron chi connectivity index (χ4n) is 2.37. The lowest BCUT2D eigenvalue weighted by Gasteiger charge is -2.02. The summed E-state index contributed by atoms with van der Waals surface area (Å²) < 4.78 is 6.95.